The lowest BCUT2D eigenvalue weighted by atomic mass is 9.43. The van der Waals surface area contributed by atoms with Crippen molar-refractivity contribution in [2.45, 2.75) is 37.5 Å². The fraction of sp³-hybridized carbons (Fsp3) is 0.192. The van der Waals surface area contributed by atoms with Gasteiger partial charge in [-0.25, -0.2) is 0 Å². The predicted molar refractivity (Wildman–Crippen MR) is 223 cm³/mol. The molecular weight excluding hydrogens is 655 g/mol. The SMILES string of the molecule is c1ccc(-c2ccccc2N(c2ccc3c(c2)-c2c(-c4ccccc4)cccc2C32C3CC4CC(C3)CC2C4)c2ccc3c(c2)oc2ccccc23)cc1. The molecule has 4 bridgehead atoms. The Labute approximate surface area is 316 Å². The normalized spacial score (nSPS) is 23.3. The monoisotopic (exact) mass is 695 g/mol. The van der Waals surface area contributed by atoms with E-state index in [2.05, 4.69) is 169 Å². The maximum atomic E-state index is 6.52. The van der Waals surface area contributed by atoms with Crippen LogP contribution in [0.25, 0.3) is 55.3 Å². The van der Waals surface area contributed by atoms with Crippen LogP contribution in [0.1, 0.15) is 43.2 Å². The van der Waals surface area contributed by atoms with E-state index in [0.717, 1.165) is 45.1 Å². The van der Waals surface area contributed by atoms with Gasteiger partial charge in [0.05, 0.1) is 5.69 Å². The van der Waals surface area contributed by atoms with Gasteiger partial charge in [-0.1, -0.05) is 121 Å². The van der Waals surface area contributed by atoms with E-state index < -0.39 is 0 Å². The number of fused-ring (bicyclic) bond motifs is 6. The van der Waals surface area contributed by atoms with Gasteiger partial charge in [-0.15, -0.1) is 0 Å². The van der Waals surface area contributed by atoms with Gasteiger partial charge >= 0.3 is 0 Å². The fourth-order valence-electron chi connectivity index (χ4n) is 12.0. The van der Waals surface area contributed by atoms with Crippen LogP contribution < -0.4 is 4.90 Å². The number of anilines is 3. The molecule has 8 aromatic rings. The van der Waals surface area contributed by atoms with Crippen molar-refractivity contribution in [2.24, 2.45) is 23.7 Å². The first-order valence-electron chi connectivity index (χ1n) is 19.9. The van der Waals surface area contributed by atoms with Crippen LogP contribution in [0.4, 0.5) is 17.1 Å². The number of para-hydroxylation sites is 2. The summed E-state index contributed by atoms with van der Waals surface area (Å²) in [6.07, 6.45) is 6.94. The van der Waals surface area contributed by atoms with Crippen LogP contribution in [0.3, 0.4) is 0 Å². The van der Waals surface area contributed by atoms with Gasteiger partial charge in [-0.2, -0.15) is 0 Å². The molecular formula is C52H41NO. The summed E-state index contributed by atoms with van der Waals surface area (Å²) in [5.74, 6) is 3.22. The van der Waals surface area contributed by atoms with Crippen molar-refractivity contribution < 1.29 is 4.42 Å². The Morgan fingerprint density at radius 1 is 0.444 bits per heavy atom. The van der Waals surface area contributed by atoms with E-state index >= 15 is 0 Å². The Morgan fingerprint density at radius 2 is 1.06 bits per heavy atom. The zero-order valence-electron chi connectivity index (χ0n) is 30.3. The average molecular weight is 696 g/mol. The van der Waals surface area contributed by atoms with Gasteiger partial charge in [0.2, 0.25) is 0 Å². The molecule has 4 saturated carbocycles. The van der Waals surface area contributed by atoms with E-state index in [4.69, 9.17) is 4.42 Å². The van der Waals surface area contributed by atoms with Gasteiger partial charge in [0.15, 0.2) is 0 Å². The van der Waals surface area contributed by atoms with Gasteiger partial charge in [-0.3, -0.25) is 0 Å². The smallest absolute Gasteiger partial charge is 0.137 e. The third kappa shape index (κ3) is 4.28. The summed E-state index contributed by atoms with van der Waals surface area (Å²) >= 11 is 0. The number of rotatable bonds is 5. The summed E-state index contributed by atoms with van der Waals surface area (Å²) in [4.78, 5) is 2.47. The third-order valence-electron chi connectivity index (χ3n) is 13.8. The van der Waals surface area contributed by atoms with Gasteiger partial charge in [0, 0.05) is 39.2 Å². The minimum atomic E-state index is 0.0847. The molecule has 0 saturated heterocycles. The second-order valence-electron chi connectivity index (χ2n) is 16.5. The van der Waals surface area contributed by atoms with Crippen LogP contribution in [0.15, 0.2) is 168 Å². The summed E-state index contributed by atoms with van der Waals surface area (Å²) in [6, 6.07) is 60.7. The Bertz CT molecular complexity index is 2710. The Kier molecular flexibility index (Phi) is 6.55. The van der Waals surface area contributed by atoms with Gasteiger partial charge in [0.1, 0.15) is 11.2 Å². The van der Waals surface area contributed by atoms with Crippen molar-refractivity contribution >= 4 is 39.0 Å². The minimum absolute atomic E-state index is 0.0847. The summed E-state index contributed by atoms with van der Waals surface area (Å²) in [6.45, 7) is 0. The molecule has 0 aliphatic heterocycles. The van der Waals surface area contributed by atoms with Crippen molar-refractivity contribution in [3.05, 3.63) is 175 Å². The largest absolute Gasteiger partial charge is 0.456 e. The van der Waals surface area contributed by atoms with Crippen LogP contribution >= 0.6 is 0 Å². The Hall–Kier alpha value is -5.86. The molecule has 0 radical (unpaired) electrons. The molecule has 13 rings (SSSR count). The molecule has 0 unspecified atom stereocenters. The molecule has 7 aromatic carbocycles. The molecule has 1 aromatic heterocycles. The van der Waals surface area contributed by atoms with E-state index in [-0.39, 0.29) is 5.41 Å². The third-order valence-corrected chi connectivity index (χ3v) is 13.8. The van der Waals surface area contributed by atoms with E-state index in [1.54, 1.807) is 11.1 Å². The Balaban J connectivity index is 1.12. The van der Waals surface area contributed by atoms with Gasteiger partial charge in [-0.05, 0) is 131 Å². The van der Waals surface area contributed by atoms with Crippen molar-refractivity contribution in [3.63, 3.8) is 0 Å². The molecule has 260 valence electrons. The quantitative estimate of drug-likeness (QED) is 0.178. The molecule has 54 heavy (non-hydrogen) atoms. The number of benzene rings is 7. The van der Waals surface area contributed by atoms with Crippen LogP contribution in [0.5, 0.6) is 0 Å². The molecule has 0 amide bonds. The molecule has 4 fully saturated rings. The van der Waals surface area contributed by atoms with E-state index in [9.17, 15) is 0 Å². The van der Waals surface area contributed by atoms with Crippen LogP contribution in [-0.4, -0.2) is 0 Å². The lowest BCUT2D eigenvalue weighted by molar-refractivity contribution is -0.0399. The molecule has 1 heterocycles. The summed E-state index contributed by atoms with van der Waals surface area (Å²) in [7, 11) is 0. The maximum absolute atomic E-state index is 6.52. The average Bonchev–Trinajstić information content (AvgIpc) is 3.74. The van der Waals surface area contributed by atoms with Gasteiger partial charge < -0.3 is 9.32 Å². The maximum Gasteiger partial charge on any atom is 0.137 e. The number of nitrogens with zero attached hydrogens (tertiary/aromatic N) is 1. The highest BCUT2D eigenvalue weighted by molar-refractivity contribution is 6.06. The lowest BCUT2D eigenvalue weighted by Gasteiger charge is -2.61. The number of hydrogen-bond donors (Lipinski definition) is 0. The second-order valence-corrected chi connectivity index (χ2v) is 16.5. The fourth-order valence-corrected chi connectivity index (χ4v) is 12.0. The lowest BCUT2D eigenvalue weighted by Crippen LogP contribution is -2.55. The van der Waals surface area contributed by atoms with Crippen molar-refractivity contribution in [1.29, 1.82) is 0 Å². The first-order valence-corrected chi connectivity index (χ1v) is 19.9. The Morgan fingerprint density at radius 3 is 1.83 bits per heavy atom. The zero-order chi connectivity index (χ0) is 35.4. The molecule has 2 heteroatoms. The highest BCUT2D eigenvalue weighted by Crippen LogP contribution is 2.70. The standard InChI is InChI=1S/C52H41NO/c1-3-12-35(13-4-1)41-16-7-9-20-48(41)53(40-22-24-44-43-17-8-10-21-49(43)54-50(44)32-40)39-23-25-46-45(31-39)51-42(36-14-5-2-6-15-36)18-11-19-47(51)52(46)37-27-33-26-34(29-37)30-38(52)28-33/h1-25,31-34,37-38H,26-30H2. The molecule has 5 aliphatic carbocycles. The van der Waals surface area contributed by atoms with E-state index in [1.165, 1.54) is 71.2 Å². The minimum Gasteiger partial charge on any atom is -0.456 e. The molecule has 5 aliphatic rings. The number of furan rings is 1. The van der Waals surface area contributed by atoms with Crippen molar-refractivity contribution in [3.8, 4) is 33.4 Å². The van der Waals surface area contributed by atoms with Crippen LogP contribution in [0, 0.1) is 23.7 Å². The summed E-state index contributed by atoms with van der Waals surface area (Å²) in [5, 5.41) is 2.30. The van der Waals surface area contributed by atoms with Crippen molar-refractivity contribution in [2.75, 3.05) is 4.90 Å². The van der Waals surface area contributed by atoms with E-state index in [1.807, 2.05) is 0 Å². The highest BCUT2D eigenvalue weighted by Gasteiger charge is 2.61. The molecule has 2 nitrogen and oxygen atoms in total. The zero-order valence-corrected chi connectivity index (χ0v) is 30.3. The molecule has 1 spiro atoms. The summed E-state index contributed by atoms with van der Waals surface area (Å²) in [5.41, 5.74) is 16.4. The van der Waals surface area contributed by atoms with Gasteiger partial charge in [0.25, 0.3) is 0 Å². The molecule has 0 atom stereocenters. The predicted octanol–water partition coefficient (Wildman–Crippen LogP) is 14.1. The van der Waals surface area contributed by atoms with Crippen LogP contribution in [0.2, 0.25) is 0 Å². The van der Waals surface area contributed by atoms with Crippen LogP contribution in [-0.2, 0) is 5.41 Å². The second kappa shape index (κ2) is 11.6. The first kappa shape index (κ1) is 30.6. The molecule has 0 N–H and O–H groups in total. The summed E-state index contributed by atoms with van der Waals surface area (Å²) < 4.78 is 6.52. The number of hydrogen-bond acceptors (Lipinski definition) is 2. The van der Waals surface area contributed by atoms with E-state index in [0.29, 0.717) is 11.8 Å². The first-order chi connectivity index (χ1) is 26.7. The highest BCUT2D eigenvalue weighted by atomic mass is 16.3. The topological polar surface area (TPSA) is 16.4 Å². The van der Waals surface area contributed by atoms with Crippen molar-refractivity contribution in [1.82, 2.24) is 0 Å².